The monoisotopic (exact) mass is 290 g/mol. The van der Waals surface area contributed by atoms with Gasteiger partial charge in [-0.3, -0.25) is 4.79 Å². The second-order valence-corrected chi connectivity index (χ2v) is 5.64. The van der Waals surface area contributed by atoms with Crippen LogP contribution in [0.15, 0.2) is 30.3 Å². The Hall–Kier alpha value is -2.04. The van der Waals surface area contributed by atoms with Gasteiger partial charge < -0.3 is 15.3 Å². The van der Waals surface area contributed by atoms with Gasteiger partial charge in [0.15, 0.2) is 0 Å². The van der Waals surface area contributed by atoms with Gasteiger partial charge in [-0.15, -0.1) is 0 Å². The molecular weight excluding hydrogens is 268 g/mol. The Bertz CT molecular complexity index is 490. The predicted octanol–water partition coefficient (Wildman–Crippen LogP) is 2.12. The van der Waals surface area contributed by atoms with Crippen LogP contribution in [0, 0.1) is 5.92 Å². The van der Waals surface area contributed by atoms with E-state index in [-0.39, 0.29) is 12.1 Å². The standard InChI is InChI=1S/C16H22N2O3/c1-12(7-8-13-5-3-2-4-6-13)17-16(21)18-10-9-14(11-18)15(19)20/h2-6,12,14H,7-11H2,1H3,(H,17,21)(H,19,20). The number of carboxylic acids is 1. The Morgan fingerprint density at radius 2 is 2.10 bits per heavy atom. The fourth-order valence-corrected chi connectivity index (χ4v) is 2.55. The van der Waals surface area contributed by atoms with Gasteiger partial charge in [-0.25, -0.2) is 4.79 Å². The van der Waals surface area contributed by atoms with Crippen molar-refractivity contribution in [1.29, 1.82) is 0 Å². The number of hydrogen-bond donors (Lipinski definition) is 2. The van der Waals surface area contributed by atoms with Crippen LogP contribution in [0.5, 0.6) is 0 Å². The van der Waals surface area contributed by atoms with E-state index in [4.69, 9.17) is 5.11 Å². The van der Waals surface area contributed by atoms with Gasteiger partial charge in [0, 0.05) is 19.1 Å². The third kappa shape index (κ3) is 4.48. The molecule has 2 N–H and O–H groups in total. The van der Waals surface area contributed by atoms with E-state index in [2.05, 4.69) is 17.4 Å². The van der Waals surface area contributed by atoms with E-state index in [0.717, 1.165) is 12.8 Å². The summed E-state index contributed by atoms with van der Waals surface area (Å²) in [4.78, 5) is 24.5. The van der Waals surface area contributed by atoms with Crippen molar-refractivity contribution in [2.45, 2.75) is 32.2 Å². The summed E-state index contributed by atoms with van der Waals surface area (Å²) in [7, 11) is 0. The lowest BCUT2D eigenvalue weighted by molar-refractivity contribution is -0.141. The first kappa shape index (κ1) is 15.4. The van der Waals surface area contributed by atoms with Crippen LogP contribution >= 0.6 is 0 Å². The summed E-state index contributed by atoms with van der Waals surface area (Å²) in [5.74, 6) is -1.24. The summed E-state index contributed by atoms with van der Waals surface area (Å²) in [5, 5.41) is 11.9. The summed E-state index contributed by atoms with van der Waals surface area (Å²) in [6.45, 7) is 2.81. The van der Waals surface area contributed by atoms with Crippen molar-refractivity contribution in [3.05, 3.63) is 35.9 Å². The Kier molecular flexibility index (Phi) is 5.20. The first-order chi connectivity index (χ1) is 10.1. The van der Waals surface area contributed by atoms with E-state index in [1.807, 2.05) is 25.1 Å². The minimum atomic E-state index is -0.817. The van der Waals surface area contributed by atoms with Crippen molar-refractivity contribution in [1.82, 2.24) is 10.2 Å². The summed E-state index contributed by atoms with van der Waals surface area (Å²) >= 11 is 0. The van der Waals surface area contributed by atoms with Crippen molar-refractivity contribution >= 4 is 12.0 Å². The molecule has 5 nitrogen and oxygen atoms in total. The largest absolute Gasteiger partial charge is 0.481 e. The number of nitrogens with one attached hydrogen (secondary N) is 1. The van der Waals surface area contributed by atoms with Gasteiger partial charge >= 0.3 is 12.0 Å². The third-order valence-corrected chi connectivity index (χ3v) is 3.90. The predicted molar refractivity (Wildman–Crippen MR) is 80.1 cm³/mol. The zero-order valence-corrected chi connectivity index (χ0v) is 12.3. The quantitative estimate of drug-likeness (QED) is 0.872. The maximum Gasteiger partial charge on any atom is 0.317 e. The molecule has 114 valence electrons. The second-order valence-electron chi connectivity index (χ2n) is 5.64. The van der Waals surface area contributed by atoms with Crippen molar-refractivity contribution in [3.8, 4) is 0 Å². The fourth-order valence-electron chi connectivity index (χ4n) is 2.55. The molecule has 0 bridgehead atoms. The first-order valence-corrected chi connectivity index (χ1v) is 7.38. The van der Waals surface area contributed by atoms with E-state index in [0.29, 0.717) is 19.5 Å². The highest BCUT2D eigenvalue weighted by Crippen LogP contribution is 2.16. The molecule has 0 aromatic heterocycles. The molecule has 2 amide bonds. The molecule has 1 aromatic carbocycles. The maximum atomic E-state index is 12.1. The lowest BCUT2D eigenvalue weighted by Crippen LogP contribution is -2.43. The number of amides is 2. The highest BCUT2D eigenvalue weighted by atomic mass is 16.4. The number of aryl methyl sites for hydroxylation is 1. The van der Waals surface area contributed by atoms with Crippen LogP contribution < -0.4 is 5.32 Å². The van der Waals surface area contributed by atoms with Gasteiger partial charge in [0.25, 0.3) is 0 Å². The topological polar surface area (TPSA) is 69.6 Å². The highest BCUT2D eigenvalue weighted by Gasteiger charge is 2.31. The summed E-state index contributed by atoms with van der Waals surface area (Å²) in [5.41, 5.74) is 1.26. The maximum absolute atomic E-state index is 12.1. The van der Waals surface area contributed by atoms with Crippen molar-refractivity contribution < 1.29 is 14.7 Å². The van der Waals surface area contributed by atoms with Gasteiger partial charge in [-0.1, -0.05) is 30.3 Å². The van der Waals surface area contributed by atoms with Crippen LogP contribution in [0.3, 0.4) is 0 Å². The van der Waals surface area contributed by atoms with E-state index >= 15 is 0 Å². The molecule has 1 aliphatic rings. The number of likely N-dealkylation sites (tertiary alicyclic amines) is 1. The normalized spacial score (nSPS) is 19.3. The lowest BCUT2D eigenvalue weighted by Gasteiger charge is -2.20. The SMILES string of the molecule is CC(CCc1ccccc1)NC(=O)N1CCC(C(=O)O)C1. The lowest BCUT2D eigenvalue weighted by atomic mass is 10.1. The highest BCUT2D eigenvalue weighted by molar-refractivity contribution is 5.77. The summed E-state index contributed by atoms with van der Waals surface area (Å²) in [6, 6.07) is 10.1. The number of carboxylic acid groups (broad SMARTS) is 1. The number of benzene rings is 1. The average molecular weight is 290 g/mol. The van der Waals surface area contributed by atoms with E-state index in [1.165, 1.54) is 5.56 Å². The molecule has 2 rings (SSSR count). The van der Waals surface area contributed by atoms with E-state index in [1.54, 1.807) is 4.90 Å². The zero-order valence-electron chi connectivity index (χ0n) is 12.3. The van der Waals surface area contributed by atoms with E-state index < -0.39 is 11.9 Å². The number of aliphatic carboxylic acids is 1. The molecule has 1 saturated heterocycles. The van der Waals surface area contributed by atoms with Gasteiger partial charge in [-0.05, 0) is 31.7 Å². The third-order valence-electron chi connectivity index (χ3n) is 3.90. The van der Waals surface area contributed by atoms with Crippen molar-refractivity contribution in [2.75, 3.05) is 13.1 Å². The molecule has 5 heteroatoms. The zero-order chi connectivity index (χ0) is 15.2. The number of nitrogens with zero attached hydrogens (tertiary/aromatic N) is 1. The first-order valence-electron chi connectivity index (χ1n) is 7.38. The van der Waals surface area contributed by atoms with Crippen molar-refractivity contribution in [3.63, 3.8) is 0 Å². The smallest absolute Gasteiger partial charge is 0.317 e. The molecule has 1 aliphatic heterocycles. The Labute approximate surface area is 125 Å². The van der Waals surface area contributed by atoms with Crippen LogP contribution in [0.2, 0.25) is 0 Å². The molecule has 0 radical (unpaired) electrons. The van der Waals surface area contributed by atoms with Gasteiger partial charge in [0.05, 0.1) is 5.92 Å². The molecule has 0 spiro atoms. The van der Waals surface area contributed by atoms with Gasteiger partial charge in [0.2, 0.25) is 0 Å². The Balaban J connectivity index is 1.74. The summed E-state index contributed by atoms with van der Waals surface area (Å²) < 4.78 is 0. The van der Waals surface area contributed by atoms with E-state index in [9.17, 15) is 9.59 Å². The van der Waals surface area contributed by atoms with Crippen LogP contribution in [0.25, 0.3) is 0 Å². The minimum absolute atomic E-state index is 0.0709. The molecule has 0 aliphatic carbocycles. The molecule has 2 unspecified atom stereocenters. The average Bonchev–Trinajstić information content (AvgIpc) is 2.96. The van der Waals surface area contributed by atoms with Gasteiger partial charge in [-0.2, -0.15) is 0 Å². The van der Waals surface area contributed by atoms with Crippen LogP contribution in [-0.2, 0) is 11.2 Å². The molecule has 1 fully saturated rings. The van der Waals surface area contributed by atoms with Crippen LogP contribution in [0.1, 0.15) is 25.3 Å². The fraction of sp³-hybridized carbons (Fsp3) is 0.500. The summed E-state index contributed by atoms with van der Waals surface area (Å²) in [6.07, 6.45) is 2.33. The number of carbonyl (C=O) groups excluding carboxylic acids is 1. The molecule has 1 heterocycles. The number of rotatable bonds is 5. The minimum Gasteiger partial charge on any atom is -0.481 e. The number of urea groups is 1. The number of hydrogen-bond acceptors (Lipinski definition) is 2. The van der Waals surface area contributed by atoms with Crippen molar-refractivity contribution in [2.24, 2.45) is 5.92 Å². The molecule has 0 saturated carbocycles. The molecule has 2 atom stereocenters. The number of carbonyl (C=O) groups is 2. The Morgan fingerprint density at radius 3 is 2.71 bits per heavy atom. The molecule has 21 heavy (non-hydrogen) atoms. The van der Waals surface area contributed by atoms with Crippen LogP contribution in [-0.4, -0.2) is 41.1 Å². The molecule has 1 aromatic rings. The Morgan fingerprint density at radius 1 is 1.38 bits per heavy atom. The molecular formula is C16H22N2O3. The van der Waals surface area contributed by atoms with Gasteiger partial charge in [0.1, 0.15) is 0 Å². The second kappa shape index (κ2) is 7.11. The van der Waals surface area contributed by atoms with Crippen LogP contribution in [0.4, 0.5) is 4.79 Å².